The number of hydrogen-bond donors (Lipinski definition) is 3. The second kappa shape index (κ2) is 9.61. The van der Waals surface area contributed by atoms with Crippen molar-refractivity contribution < 1.29 is 4.79 Å². The van der Waals surface area contributed by atoms with Gasteiger partial charge in [0.05, 0.1) is 5.69 Å². The van der Waals surface area contributed by atoms with Crippen LogP contribution in [-0.2, 0) is 15.5 Å². The first kappa shape index (κ1) is 18.8. The molecule has 0 atom stereocenters. The third kappa shape index (κ3) is 5.47. The molecule has 0 heterocycles. The Morgan fingerprint density at radius 3 is 1.85 bits per heavy atom. The van der Waals surface area contributed by atoms with Crippen molar-refractivity contribution in [1.29, 1.82) is 0 Å². The summed E-state index contributed by atoms with van der Waals surface area (Å²) in [5, 5.41) is 3.56. The van der Waals surface area contributed by atoms with Crippen molar-refractivity contribution in [3.05, 3.63) is 84.9 Å². The first-order valence-electron chi connectivity index (χ1n) is 8.19. The van der Waals surface area contributed by atoms with Gasteiger partial charge in [0, 0.05) is 15.5 Å². The van der Waals surface area contributed by atoms with Crippen LogP contribution in [0.25, 0.3) is 0 Å². The van der Waals surface area contributed by atoms with Gasteiger partial charge in [0.2, 0.25) is 11.5 Å². The Morgan fingerprint density at radius 2 is 1.33 bits per heavy atom. The summed E-state index contributed by atoms with van der Waals surface area (Å²) in [6.07, 6.45) is 0.578. The van der Waals surface area contributed by atoms with Crippen LogP contribution in [0.15, 0.2) is 99.1 Å². The third-order valence-corrected chi connectivity index (χ3v) is 5.63. The lowest BCUT2D eigenvalue weighted by atomic mass is 10.3. The molecule has 0 aliphatic heterocycles. The number of nitrogens with one attached hydrogen (secondary N) is 3. The summed E-state index contributed by atoms with van der Waals surface area (Å²) in [4.78, 5) is 12.5. The normalized spacial score (nSPS) is 10.1. The Labute approximate surface area is 165 Å². The molecule has 0 aromatic heterocycles. The van der Waals surface area contributed by atoms with Gasteiger partial charge in [0.15, 0.2) is 0 Å². The van der Waals surface area contributed by atoms with E-state index in [1.54, 1.807) is 0 Å². The number of amides is 1. The Kier molecular flexibility index (Phi) is 6.67. The Bertz CT molecular complexity index is 888. The van der Waals surface area contributed by atoms with E-state index in [2.05, 4.69) is 40.4 Å². The molecule has 7 heteroatoms. The molecule has 27 heavy (non-hydrogen) atoms. The molecule has 3 rings (SSSR count). The Morgan fingerprint density at radius 1 is 0.815 bits per heavy atom. The molecule has 5 nitrogen and oxygen atoms in total. The molecule has 0 saturated heterocycles. The van der Waals surface area contributed by atoms with Crippen LogP contribution in [0, 0.1) is 0 Å². The fourth-order valence-corrected chi connectivity index (χ4v) is 4.18. The van der Waals surface area contributed by atoms with Gasteiger partial charge in [0.25, 0.3) is 0 Å². The van der Waals surface area contributed by atoms with E-state index in [0.29, 0.717) is 11.5 Å². The largest absolute Gasteiger partial charge is 0.330 e. The lowest BCUT2D eigenvalue weighted by Crippen LogP contribution is -2.18. The molecule has 3 aromatic carbocycles. The van der Waals surface area contributed by atoms with Crippen LogP contribution in [0.2, 0.25) is 0 Å². The zero-order valence-corrected chi connectivity index (χ0v) is 16.0. The quantitative estimate of drug-likeness (QED) is 0.330. The Balaban J connectivity index is 1.80. The molecule has 136 valence electrons. The number of hydrogen-bond acceptors (Lipinski definition) is 3. The van der Waals surface area contributed by atoms with Crippen molar-refractivity contribution in [3.8, 4) is 0 Å². The third-order valence-electron chi connectivity index (χ3n) is 3.52. The predicted octanol–water partition coefficient (Wildman–Crippen LogP) is 4.38. The summed E-state index contributed by atoms with van der Waals surface area (Å²) in [5.74, 6) is 0. The van der Waals surface area contributed by atoms with Gasteiger partial charge in [-0.2, -0.15) is 4.36 Å². The minimum atomic E-state index is -0.504. The topological polar surface area (TPSA) is 65.5 Å². The highest BCUT2D eigenvalue weighted by atomic mass is 32.2. The van der Waals surface area contributed by atoms with E-state index in [1.165, 1.54) is 0 Å². The van der Waals surface area contributed by atoms with Crippen molar-refractivity contribution in [2.75, 3.05) is 10.7 Å². The lowest BCUT2D eigenvalue weighted by Gasteiger charge is -2.11. The number of carbonyl (C=O) groups excluding carboxylic acids is 1. The molecule has 0 aliphatic carbocycles. The van der Waals surface area contributed by atoms with Crippen molar-refractivity contribution in [2.24, 2.45) is 4.36 Å². The minimum absolute atomic E-state index is 0.415. The highest BCUT2D eigenvalue weighted by Crippen LogP contribution is 2.19. The zero-order chi connectivity index (χ0) is 18.9. The van der Waals surface area contributed by atoms with E-state index in [1.807, 2.05) is 60.7 Å². The molecule has 1 amide bonds. The van der Waals surface area contributed by atoms with Crippen molar-refractivity contribution in [2.45, 2.75) is 9.79 Å². The fraction of sp³-hybridized carbons (Fsp3) is 0. The molecule has 0 radical (unpaired) electrons. The average molecular weight is 395 g/mol. The van der Waals surface area contributed by atoms with E-state index in [4.69, 9.17) is 16.6 Å². The summed E-state index contributed by atoms with van der Waals surface area (Å²) in [7, 11) is -0.504. The van der Waals surface area contributed by atoms with E-state index < -0.39 is 10.7 Å². The molecular formula is C20H18N4OS2. The standard InChI is InChI=1S/C20H18N4OS2/c25-15-21-23-17-13-11-16(12-14-17)22-20(26)24-27(18-7-3-1-4-8-18)19-9-5-2-6-10-19/h1-15,23H,(H,21,25)(H,22,26). The number of nitrogens with zero attached hydrogens (tertiary/aromatic N) is 1. The maximum absolute atomic E-state index is 10.3. The van der Waals surface area contributed by atoms with Gasteiger partial charge >= 0.3 is 0 Å². The van der Waals surface area contributed by atoms with Crippen LogP contribution in [-0.4, -0.2) is 11.5 Å². The maximum atomic E-state index is 10.3. The van der Waals surface area contributed by atoms with Crippen LogP contribution < -0.4 is 16.2 Å². The van der Waals surface area contributed by atoms with Gasteiger partial charge < -0.3 is 5.32 Å². The number of hydrazine groups is 1. The summed E-state index contributed by atoms with van der Waals surface area (Å²) in [6.45, 7) is 0. The van der Waals surface area contributed by atoms with Crippen molar-refractivity contribution in [1.82, 2.24) is 5.43 Å². The average Bonchev–Trinajstić information content (AvgIpc) is 2.73. The van der Waals surface area contributed by atoms with E-state index in [-0.39, 0.29) is 0 Å². The van der Waals surface area contributed by atoms with Gasteiger partial charge in [-0.1, -0.05) is 36.4 Å². The van der Waals surface area contributed by atoms with Crippen molar-refractivity contribution >= 4 is 45.8 Å². The molecule has 0 bridgehead atoms. The van der Waals surface area contributed by atoms with Gasteiger partial charge in [-0.3, -0.25) is 15.6 Å². The molecule has 0 unspecified atom stereocenters. The predicted molar refractivity (Wildman–Crippen MR) is 115 cm³/mol. The molecule has 0 aliphatic rings. The van der Waals surface area contributed by atoms with Crippen LogP contribution in [0.4, 0.5) is 11.4 Å². The van der Waals surface area contributed by atoms with Crippen LogP contribution >= 0.6 is 12.2 Å². The van der Waals surface area contributed by atoms with Crippen molar-refractivity contribution in [3.63, 3.8) is 0 Å². The first-order valence-corrected chi connectivity index (χ1v) is 9.78. The monoisotopic (exact) mass is 394 g/mol. The Hall–Kier alpha value is -3.03. The number of anilines is 2. The van der Waals surface area contributed by atoms with E-state index in [9.17, 15) is 4.79 Å². The lowest BCUT2D eigenvalue weighted by molar-refractivity contribution is -0.109. The van der Waals surface area contributed by atoms with Crippen LogP contribution in [0.3, 0.4) is 0 Å². The number of rotatable bonds is 6. The van der Waals surface area contributed by atoms with Crippen LogP contribution in [0.1, 0.15) is 0 Å². The van der Waals surface area contributed by atoms with Gasteiger partial charge in [0.1, 0.15) is 0 Å². The molecule has 3 aromatic rings. The zero-order valence-electron chi connectivity index (χ0n) is 14.3. The second-order valence-corrected chi connectivity index (χ2v) is 7.48. The molecule has 0 spiro atoms. The molecule has 0 fully saturated rings. The summed E-state index contributed by atoms with van der Waals surface area (Å²) in [5.41, 5.74) is 6.73. The fourth-order valence-electron chi connectivity index (χ4n) is 2.32. The van der Waals surface area contributed by atoms with E-state index >= 15 is 0 Å². The van der Waals surface area contributed by atoms with Crippen LogP contribution in [0.5, 0.6) is 0 Å². The highest BCUT2D eigenvalue weighted by molar-refractivity contribution is 7.89. The number of thiocarbonyl (C=S) groups is 1. The summed E-state index contributed by atoms with van der Waals surface area (Å²) < 4.78 is 4.76. The highest BCUT2D eigenvalue weighted by Gasteiger charge is 2.06. The summed E-state index contributed by atoms with van der Waals surface area (Å²) in [6, 6.07) is 27.6. The number of carbonyl (C=O) groups is 1. The molecule has 0 saturated carbocycles. The first-order chi connectivity index (χ1) is 13.3. The maximum Gasteiger partial charge on any atom is 0.225 e. The SMILES string of the molecule is O=CNNc1ccc(NC(=S)N=S(c2ccccc2)c2ccccc2)cc1. The van der Waals surface area contributed by atoms with Gasteiger partial charge in [-0.05, 0) is 71.4 Å². The summed E-state index contributed by atoms with van der Waals surface area (Å²) >= 11 is 5.47. The number of benzene rings is 3. The molecular weight excluding hydrogens is 376 g/mol. The second-order valence-electron chi connectivity index (χ2n) is 5.40. The van der Waals surface area contributed by atoms with Gasteiger partial charge in [-0.25, -0.2) is 0 Å². The molecule has 3 N–H and O–H groups in total. The van der Waals surface area contributed by atoms with Gasteiger partial charge in [-0.15, -0.1) is 0 Å². The smallest absolute Gasteiger partial charge is 0.225 e. The minimum Gasteiger partial charge on any atom is -0.330 e. The van der Waals surface area contributed by atoms with E-state index in [0.717, 1.165) is 21.2 Å².